The maximum atomic E-state index is 11.6. The molecule has 90 valence electrons. The summed E-state index contributed by atoms with van der Waals surface area (Å²) in [4.78, 5) is 11.6. The van der Waals surface area contributed by atoms with Crippen molar-refractivity contribution in [1.29, 1.82) is 0 Å². The molecule has 5 heteroatoms. The topological polar surface area (TPSA) is 72.9 Å². The van der Waals surface area contributed by atoms with Crippen LogP contribution in [0.3, 0.4) is 0 Å². The summed E-state index contributed by atoms with van der Waals surface area (Å²) in [7, 11) is 1.85. The number of carbonyl (C=O) groups is 1. The number of hydrogen-bond donors (Lipinski definition) is 2. The van der Waals surface area contributed by atoms with Crippen molar-refractivity contribution in [2.45, 2.75) is 38.8 Å². The molecule has 0 aromatic carbocycles. The molecule has 0 saturated carbocycles. The molecule has 1 aromatic rings. The third-order valence-electron chi connectivity index (χ3n) is 2.43. The van der Waals surface area contributed by atoms with E-state index in [1.807, 2.05) is 13.2 Å². The monoisotopic (exact) mass is 224 g/mol. The van der Waals surface area contributed by atoms with Gasteiger partial charge < -0.3 is 11.1 Å². The molecule has 1 heterocycles. The molecule has 0 saturated heterocycles. The average molecular weight is 224 g/mol. The van der Waals surface area contributed by atoms with Gasteiger partial charge >= 0.3 is 0 Å². The summed E-state index contributed by atoms with van der Waals surface area (Å²) in [6.07, 6.45) is 6.40. The van der Waals surface area contributed by atoms with Crippen LogP contribution in [0.4, 0.5) is 0 Å². The minimum Gasteiger partial charge on any atom is -0.351 e. The summed E-state index contributed by atoms with van der Waals surface area (Å²) in [6.45, 7) is 2.58. The van der Waals surface area contributed by atoms with Gasteiger partial charge in [0.1, 0.15) is 0 Å². The fraction of sp³-hybridized carbons (Fsp3) is 0.636. The number of rotatable bonds is 6. The lowest BCUT2D eigenvalue weighted by Gasteiger charge is -2.10. The Morgan fingerprint density at radius 3 is 3.00 bits per heavy atom. The van der Waals surface area contributed by atoms with E-state index in [2.05, 4.69) is 17.3 Å². The van der Waals surface area contributed by atoms with Crippen LogP contribution in [0.5, 0.6) is 0 Å². The van der Waals surface area contributed by atoms with E-state index in [-0.39, 0.29) is 5.91 Å². The van der Waals surface area contributed by atoms with Crippen molar-refractivity contribution in [3.8, 4) is 0 Å². The van der Waals surface area contributed by atoms with E-state index in [9.17, 15) is 4.79 Å². The average Bonchev–Trinajstić information content (AvgIpc) is 2.68. The van der Waals surface area contributed by atoms with E-state index in [1.165, 1.54) is 0 Å². The lowest BCUT2D eigenvalue weighted by atomic mass is 10.1. The van der Waals surface area contributed by atoms with Crippen LogP contribution in [-0.2, 0) is 18.4 Å². The molecular weight excluding hydrogens is 204 g/mol. The zero-order valence-corrected chi connectivity index (χ0v) is 9.94. The molecule has 0 radical (unpaired) electrons. The van der Waals surface area contributed by atoms with Gasteiger partial charge in [0.2, 0.25) is 5.91 Å². The minimum absolute atomic E-state index is 0.0858. The largest absolute Gasteiger partial charge is 0.351 e. The van der Waals surface area contributed by atoms with Gasteiger partial charge in [-0.15, -0.1) is 0 Å². The minimum atomic E-state index is -0.392. The number of carbonyl (C=O) groups excluding carboxylic acids is 1. The molecule has 0 bridgehead atoms. The zero-order chi connectivity index (χ0) is 12.0. The SMILES string of the molecule is CCCCC(N)C(=O)NCc1cnn(C)c1. The van der Waals surface area contributed by atoms with Crippen LogP contribution in [0.25, 0.3) is 0 Å². The van der Waals surface area contributed by atoms with Crippen molar-refractivity contribution in [2.24, 2.45) is 12.8 Å². The Kier molecular flexibility index (Phi) is 4.98. The Morgan fingerprint density at radius 2 is 2.44 bits per heavy atom. The summed E-state index contributed by atoms with van der Waals surface area (Å²) >= 11 is 0. The van der Waals surface area contributed by atoms with Gasteiger partial charge in [-0.05, 0) is 6.42 Å². The van der Waals surface area contributed by atoms with Crippen LogP contribution in [-0.4, -0.2) is 21.7 Å². The molecule has 1 atom stereocenters. The molecule has 0 fully saturated rings. The first-order chi connectivity index (χ1) is 7.63. The Balaban J connectivity index is 2.29. The van der Waals surface area contributed by atoms with E-state index in [0.717, 1.165) is 24.8 Å². The van der Waals surface area contributed by atoms with Gasteiger partial charge in [-0.1, -0.05) is 19.8 Å². The van der Waals surface area contributed by atoms with E-state index in [1.54, 1.807) is 10.9 Å². The summed E-state index contributed by atoms with van der Waals surface area (Å²) < 4.78 is 1.71. The van der Waals surface area contributed by atoms with Gasteiger partial charge in [0.25, 0.3) is 0 Å². The fourth-order valence-electron chi connectivity index (χ4n) is 1.44. The van der Waals surface area contributed by atoms with Crippen molar-refractivity contribution in [3.63, 3.8) is 0 Å². The summed E-state index contributed by atoms with van der Waals surface area (Å²) in [6, 6.07) is -0.392. The second kappa shape index (κ2) is 6.27. The van der Waals surface area contributed by atoms with Crippen LogP contribution in [0.1, 0.15) is 31.7 Å². The van der Waals surface area contributed by atoms with Crippen molar-refractivity contribution in [3.05, 3.63) is 18.0 Å². The molecule has 5 nitrogen and oxygen atoms in total. The van der Waals surface area contributed by atoms with E-state index < -0.39 is 6.04 Å². The van der Waals surface area contributed by atoms with Crippen molar-refractivity contribution >= 4 is 5.91 Å². The van der Waals surface area contributed by atoms with Gasteiger partial charge in [0, 0.05) is 25.4 Å². The Bertz CT molecular complexity index is 334. The lowest BCUT2D eigenvalue weighted by Crippen LogP contribution is -2.40. The van der Waals surface area contributed by atoms with Crippen molar-refractivity contribution in [2.75, 3.05) is 0 Å². The van der Waals surface area contributed by atoms with Gasteiger partial charge in [-0.25, -0.2) is 0 Å². The first-order valence-electron chi connectivity index (χ1n) is 5.64. The third-order valence-corrected chi connectivity index (χ3v) is 2.43. The molecular formula is C11H20N4O. The molecule has 0 aliphatic carbocycles. The number of aromatic nitrogens is 2. The number of amides is 1. The Hall–Kier alpha value is -1.36. The first-order valence-corrected chi connectivity index (χ1v) is 5.64. The van der Waals surface area contributed by atoms with Crippen LogP contribution < -0.4 is 11.1 Å². The van der Waals surface area contributed by atoms with Gasteiger partial charge in [0.15, 0.2) is 0 Å². The quantitative estimate of drug-likeness (QED) is 0.741. The van der Waals surface area contributed by atoms with E-state index in [0.29, 0.717) is 6.54 Å². The molecule has 1 aromatic heterocycles. The third kappa shape index (κ3) is 4.02. The smallest absolute Gasteiger partial charge is 0.237 e. The first kappa shape index (κ1) is 12.7. The normalized spacial score (nSPS) is 12.4. The summed E-state index contributed by atoms with van der Waals surface area (Å²) in [5.41, 5.74) is 6.72. The van der Waals surface area contributed by atoms with Crippen molar-refractivity contribution in [1.82, 2.24) is 15.1 Å². The number of nitrogens with zero attached hydrogens (tertiary/aromatic N) is 2. The van der Waals surface area contributed by atoms with Crippen LogP contribution in [0.2, 0.25) is 0 Å². The highest BCUT2D eigenvalue weighted by Crippen LogP contribution is 1.99. The molecule has 3 N–H and O–H groups in total. The number of aryl methyl sites for hydroxylation is 1. The van der Waals surface area contributed by atoms with Crippen LogP contribution in [0, 0.1) is 0 Å². The molecule has 1 rings (SSSR count). The summed E-state index contributed by atoms with van der Waals surface area (Å²) in [5, 5.41) is 6.83. The number of hydrogen-bond acceptors (Lipinski definition) is 3. The zero-order valence-electron chi connectivity index (χ0n) is 9.94. The highest BCUT2D eigenvalue weighted by atomic mass is 16.2. The summed E-state index contributed by atoms with van der Waals surface area (Å²) in [5.74, 6) is -0.0858. The Labute approximate surface area is 96.0 Å². The van der Waals surface area contributed by atoms with Gasteiger partial charge in [-0.3, -0.25) is 9.48 Å². The second-order valence-electron chi connectivity index (χ2n) is 3.99. The number of nitrogens with two attached hydrogens (primary N) is 1. The van der Waals surface area contributed by atoms with Crippen molar-refractivity contribution < 1.29 is 4.79 Å². The van der Waals surface area contributed by atoms with Crippen LogP contribution >= 0.6 is 0 Å². The highest BCUT2D eigenvalue weighted by Gasteiger charge is 2.12. The number of nitrogens with one attached hydrogen (secondary N) is 1. The van der Waals surface area contributed by atoms with Gasteiger partial charge in [-0.2, -0.15) is 5.10 Å². The Morgan fingerprint density at radius 1 is 1.69 bits per heavy atom. The van der Waals surface area contributed by atoms with E-state index in [4.69, 9.17) is 5.73 Å². The molecule has 0 aliphatic rings. The maximum absolute atomic E-state index is 11.6. The fourth-order valence-corrected chi connectivity index (χ4v) is 1.44. The second-order valence-corrected chi connectivity index (χ2v) is 3.99. The van der Waals surface area contributed by atoms with Gasteiger partial charge in [0.05, 0.1) is 12.2 Å². The molecule has 1 amide bonds. The standard InChI is InChI=1S/C11H20N4O/c1-3-4-5-10(12)11(16)13-6-9-7-14-15(2)8-9/h7-8,10H,3-6,12H2,1-2H3,(H,13,16). The molecule has 0 spiro atoms. The predicted molar refractivity (Wildman–Crippen MR) is 62.6 cm³/mol. The number of unbranched alkanes of at least 4 members (excludes halogenated alkanes) is 1. The maximum Gasteiger partial charge on any atom is 0.237 e. The molecule has 0 aliphatic heterocycles. The van der Waals surface area contributed by atoms with Crippen LogP contribution in [0.15, 0.2) is 12.4 Å². The van der Waals surface area contributed by atoms with E-state index >= 15 is 0 Å². The highest BCUT2D eigenvalue weighted by molar-refractivity contribution is 5.81. The predicted octanol–water partition coefficient (Wildman–Crippen LogP) is 0.554. The molecule has 1 unspecified atom stereocenters. The molecule has 16 heavy (non-hydrogen) atoms. The lowest BCUT2D eigenvalue weighted by molar-refractivity contribution is -0.122.